The smallest absolute Gasteiger partial charge is 0.165 e. The first-order valence-electron chi connectivity index (χ1n) is 5.56. The van der Waals surface area contributed by atoms with Crippen LogP contribution < -0.4 is 5.32 Å². The molecule has 0 aliphatic carbocycles. The fourth-order valence-electron chi connectivity index (χ4n) is 2.00. The van der Waals surface area contributed by atoms with Crippen LogP contribution in [0.1, 0.15) is 33.6 Å². The summed E-state index contributed by atoms with van der Waals surface area (Å²) in [5.74, 6) is -0.227. The van der Waals surface area contributed by atoms with E-state index in [1.165, 1.54) is 6.92 Å². The maximum Gasteiger partial charge on any atom is 0.165 e. The first-order chi connectivity index (χ1) is 7.47. The first-order valence-corrected chi connectivity index (χ1v) is 5.56. The average Bonchev–Trinajstić information content (AvgIpc) is 2.27. The van der Waals surface area contributed by atoms with Gasteiger partial charge in [-0.3, -0.25) is 4.79 Å². The van der Waals surface area contributed by atoms with Crippen LogP contribution >= 0.6 is 0 Å². The van der Waals surface area contributed by atoms with Gasteiger partial charge in [0.15, 0.2) is 5.78 Å². The molecular weight excluding hydrogens is 202 g/mol. The monoisotopic (exact) mass is 221 g/mol. The Labute approximate surface area is 96.5 Å². The fourth-order valence-corrected chi connectivity index (χ4v) is 2.00. The third-order valence-corrected chi connectivity index (χ3v) is 3.09. The van der Waals surface area contributed by atoms with E-state index in [0.717, 1.165) is 17.7 Å². The quantitative estimate of drug-likeness (QED) is 0.764. The highest BCUT2D eigenvalue weighted by Crippen LogP contribution is 2.31. The summed E-state index contributed by atoms with van der Waals surface area (Å²) in [7, 11) is 0. The van der Waals surface area contributed by atoms with E-state index in [9.17, 15) is 9.90 Å². The highest BCUT2D eigenvalue weighted by Gasteiger charge is 2.36. The van der Waals surface area contributed by atoms with E-state index in [0.29, 0.717) is 12.0 Å². The molecule has 0 unspecified atom stereocenters. The zero-order valence-corrected chi connectivity index (χ0v) is 10.1. The Morgan fingerprint density at radius 1 is 1.56 bits per heavy atom. The standard InChI is InChI=1S/C13H19NO2/c1-5-11-9(3)14-8-7-12(11)13(16,6-2)10(4)15/h7-8,14,16H,3,5-6H2,1-2,4H3/t13-/m0/s1. The van der Waals surface area contributed by atoms with Crippen molar-refractivity contribution in [2.45, 2.75) is 39.2 Å². The summed E-state index contributed by atoms with van der Waals surface area (Å²) in [5, 5.41) is 13.4. The van der Waals surface area contributed by atoms with Crippen LogP contribution in [0.25, 0.3) is 0 Å². The fraction of sp³-hybridized carbons (Fsp3) is 0.462. The van der Waals surface area contributed by atoms with Gasteiger partial charge in [0.25, 0.3) is 0 Å². The molecule has 0 amide bonds. The second-order valence-electron chi connectivity index (χ2n) is 3.97. The van der Waals surface area contributed by atoms with Gasteiger partial charge >= 0.3 is 0 Å². The van der Waals surface area contributed by atoms with E-state index >= 15 is 0 Å². The molecule has 3 heteroatoms. The third-order valence-electron chi connectivity index (χ3n) is 3.09. The molecular formula is C13H19NO2. The number of carbonyl (C=O) groups excluding carboxylic acids is 1. The highest BCUT2D eigenvalue weighted by molar-refractivity contribution is 5.89. The Morgan fingerprint density at radius 3 is 2.62 bits per heavy atom. The second kappa shape index (κ2) is 4.66. The van der Waals surface area contributed by atoms with Gasteiger partial charge in [0, 0.05) is 11.9 Å². The predicted molar refractivity (Wildman–Crippen MR) is 64.7 cm³/mol. The summed E-state index contributed by atoms with van der Waals surface area (Å²) < 4.78 is 0. The number of ketones is 1. The molecule has 1 atom stereocenters. The summed E-state index contributed by atoms with van der Waals surface area (Å²) in [6, 6.07) is 0. The largest absolute Gasteiger partial charge is 0.377 e. The van der Waals surface area contributed by atoms with Gasteiger partial charge in [-0.1, -0.05) is 20.4 Å². The first kappa shape index (κ1) is 12.7. The van der Waals surface area contributed by atoms with Gasteiger partial charge in [0.05, 0.1) is 0 Å². The molecule has 3 nitrogen and oxygen atoms in total. The molecule has 0 fully saturated rings. The van der Waals surface area contributed by atoms with Crippen molar-refractivity contribution >= 4 is 5.78 Å². The van der Waals surface area contributed by atoms with E-state index < -0.39 is 5.60 Å². The molecule has 1 aliphatic rings. The molecule has 0 saturated heterocycles. The number of rotatable bonds is 4. The van der Waals surface area contributed by atoms with E-state index in [4.69, 9.17) is 0 Å². The van der Waals surface area contributed by atoms with Crippen molar-refractivity contribution in [2.24, 2.45) is 0 Å². The Morgan fingerprint density at radius 2 is 2.19 bits per heavy atom. The van der Waals surface area contributed by atoms with Crippen LogP contribution in [0.2, 0.25) is 0 Å². The Balaban J connectivity index is 3.32. The van der Waals surface area contributed by atoms with E-state index in [1.54, 1.807) is 19.2 Å². The summed E-state index contributed by atoms with van der Waals surface area (Å²) in [6.45, 7) is 9.09. The average molecular weight is 221 g/mol. The number of hydrogen-bond donors (Lipinski definition) is 2. The van der Waals surface area contributed by atoms with E-state index in [2.05, 4.69) is 11.9 Å². The summed E-state index contributed by atoms with van der Waals surface area (Å²) in [6.07, 6.45) is 4.58. The summed E-state index contributed by atoms with van der Waals surface area (Å²) in [5.41, 5.74) is 0.969. The lowest BCUT2D eigenvalue weighted by molar-refractivity contribution is -0.131. The number of Topliss-reactive ketones (excluding diaryl/α,β-unsaturated/α-hetero) is 1. The van der Waals surface area contributed by atoms with Gasteiger partial charge in [-0.15, -0.1) is 0 Å². The normalized spacial score (nSPS) is 19.4. The van der Waals surface area contributed by atoms with Crippen LogP contribution in [0.15, 0.2) is 35.7 Å². The van der Waals surface area contributed by atoms with Gasteiger partial charge < -0.3 is 10.4 Å². The number of hydrogen-bond acceptors (Lipinski definition) is 3. The lowest BCUT2D eigenvalue weighted by Gasteiger charge is -2.30. The Bertz CT molecular complexity index is 379. The molecule has 16 heavy (non-hydrogen) atoms. The maximum atomic E-state index is 11.6. The van der Waals surface area contributed by atoms with Crippen molar-refractivity contribution in [2.75, 3.05) is 0 Å². The maximum absolute atomic E-state index is 11.6. The topological polar surface area (TPSA) is 49.3 Å². The molecule has 0 saturated carbocycles. The van der Waals surface area contributed by atoms with Gasteiger partial charge in [-0.05, 0) is 37.0 Å². The molecule has 0 aromatic heterocycles. The van der Waals surface area contributed by atoms with Crippen LogP contribution in [0.3, 0.4) is 0 Å². The lowest BCUT2D eigenvalue weighted by Crippen LogP contribution is -2.40. The van der Waals surface area contributed by atoms with Crippen molar-refractivity contribution in [3.05, 3.63) is 35.7 Å². The van der Waals surface area contributed by atoms with Gasteiger partial charge in [-0.25, -0.2) is 0 Å². The Hall–Kier alpha value is -1.35. The van der Waals surface area contributed by atoms with E-state index in [-0.39, 0.29) is 5.78 Å². The molecule has 0 aromatic rings. The van der Waals surface area contributed by atoms with Crippen LogP contribution in [-0.2, 0) is 4.79 Å². The summed E-state index contributed by atoms with van der Waals surface area (Å²) in [4.78, 5) is 11.6. The van der Waals surface area contributed by atoms with Gasteiger partial charge in [0.2, 0.25) is 0 Å². The van der Waals surface area contributed by atoms with E-state index in [1.807, 2.05) is 6.92 Å². The molecule has 0 radical (unpaired) electrons. The summed E-state index contributed by atoms with van der Waals surface area (Å²) >= 11 is 0. The van der Waals surface area contributed by atoms with Gasteiger partial charge in [-0.2, -0.15) is 0 Å². The molecule has 1 rings (SSSR count). The SMILES string of the molecule is C=C1NC=CC([C@](O)(CC)C(C)=O)=C1CC. The zero-order valence-electron chi connectivity index (χ0n) is 10.1. The minimum atomic E-state index is -1.38. The highest BCUT2D eigenvalue weighted by atomic mass is 16.3. The molecule has 2 N–H and O–H groups in total. The molecule has 0 spiro atoms. The molecule has 1 aliphatic heterocycles. The second-order valence-corrected chi connectivity index (χ2v) is 3.97. The number of dihydropyridines is 1. The van der Waals surface area contributed by atoms with Gasteiger partial charge in [0.1, 0.15) is 5.60 Å². The van der Waals surface area contributed by atoms with Crippen LogP contribution in [-0.4, -0.2) is 16.5 Å². The minimum Gasteiger partial charge on any atom is -0.377 e. The van der Waals surface area contributed by atoms with Crippen LogP contribution in [0.4, 0.5) is 0 Å². The minimum absolute atomic E-state index is 0.227. The molecule has 0 bridgehead atoms. The lowest BCUT2D eigenvalue weighted by atomic mass is 9.81. The van der Waals surface area contributed by atoms with Crippen molar-refractivity contribution in [1.82, 2.24) is 5.32 Å². The molecule has 88 valence electrons. The predicted octanol–water partition coefficient (Wildman–Crippen LogP) is 2.05. The number of aliphatic hydroxyl groups is 1. The van der Waals surface area contributed by atoms with Crippen molar-refractivity contribution in [3.8, 4) is 0 Å². The van der Waals surface area contributed by atoms with Crippen molar-refractivity contribution in [3.63, 3.8) is 0 Å². The van der Waals surface area contributed by atoms with Crippen molar-refractivity contribution < 1.29 is 9.90 Å². The van der Waals surface area contributed by atoms with Crippen LogP contribution in [0.5, 0.6) is 0 Å². The molecule has 1 heterocycles. The number of carbonyl (C=O) groups is 1. The van der Waals surface area contributed by atoms with Crippen molar-refractivity contribution in [1.29, 1.82) is 0 Å². The molecule has 0 aromatic carbocycles. The Kier molecular flexibility index (Phi) is 3.70. The zero-order chi connectivity index (χ0) is 12.3. The third kappa shape index (κ3) is 1.95. The number of nitrogens with one attached hydrogen (secondary N) is 1. The van der Waals surface area contributed by atoms with Crippen LogP contribution in [0, 0.1) is 0 Å². The number of allylic oxidation sites excluding steroid dienone is 1.